The number of unbranched alkanes of at least 4 members (excludes halogenated alkanes) is 12. The number of rotatable bonds is 27. The molecule has 0 spiro atoms. The minimum absolute atomic E-state index is 0.297. The minimum Gasteiger partial charge on any atom is -0.374 e. The van der Waals surface area contributed by atoms with Gasteiger partial charge in [0.05, 0.1) is 0 Å². The number of hydrogen-bond donors (Lipinski definition) is 0. The van der Waals surface area contributed by atoms with Crippen molar-refractivity contribution in [1.82, 2.24) is 0 Å². The lowest BCUT2D eigenvalue weighted by molar-refractivity contribution is 0.0152. The van der Waals surface area contributed by atoms with E-state index in [2.05, 4.69) is 41.5 Å². The van der Waals surface area contributed by atoms with Gasteiger partial charge in [-0.2, -0.15) is 0 Å². The van der Waals surface area contributed by atoms with Gasteiger partial charge in [-0.3, -0.25) is 0 Å². The van der Waals surface area contributed by atoms with Crippen LogP contribution >= 0.6 is 0 Å². The first-order chi connectivity index (χ1) is 16.6. The van der Waals surface area contributed by atoms with Crippen molar-refractivity contribution in [1.29, 1.82) is 0 Å². The van der Waals surface area contributed by atoms with E-state index in [4.69, 9.17) is 13.3 Å². The molecule has 0 saturated carbocycles. The van der Waals surface area contributed by atoms with Gasteiger partial charge in [0.25, 0.3) is 0 Å². The molecule has 0 rings (SSSR count). The summed E-state index contributed by atoms with van der Waals surface area (Å²) >= 11 is 0. The molecule has 0 heterocycles. The van der Waals surface area contributed by atoms with Crippen molar-refractivity contribution < 1.29 is 13.3 Å². The Labute approximate surface area is 216 Å². The fourth-order valence-electron chi connectivity index (χ4n) is 5.18. The van der Waals surface area contributed by atoms with E-state index < -0.39 is 8.80 Å². The summed E-state index contributed by atoms with van der Waals surface area (Å²) in [6.45, 7) is 15.6. The lowest BCUT2D eigenvalue weighted by Crippen LogP contribution is -2.48. The van der Waals surface area contributed by atoms with Crippen LogP contribution in [0.1, 0.15) is 164 Å². The van der Waals surface area contributed by atoms with Crippen LogP contribution in [0.3, 0.4) is 0 Å². The summed E-state index contributed by atoms with van der Waals surface area (Å²) in [5.41, 5.74) is 0.297. The molecular weight excluding hydrogens is 436 g/mol. The zero-order chi connectivity index (χ0) is 25.4. The smallest absolute Gasteiger partial charge is 0.374 e. The van der Waals surface area contributed by atoms with Gasteiger partial charge in [0.2, 0.25) is 0 Å². The second kappa shape index (κ2) is 23.5. The highest BCUT2D eigenvalue weighted by Gasteiger charge is 2.43. The van der Waals surface area contributed by atoms with Crippen LogP contribution in [0.15, 0.2) is 0 Å². The molecule has 0 aromatic carbocycles. The first kappa shape index (κ1) is 34.1. The molecule has 0 aliphatic carbocycles. The standard InChI is InChI=1S/C30H64O3Si/c1-7-13-17-21-25-30(26-22-18-14-8-2,27-23-19-15-9-3)29-33-34(31-11-5,32-12-6)28-24-20-16-10-4/h7-29H2,1-6H3. The van der Waals surface area contributed by atoms with Crippen molar-refractivity contribution in [3.63, 3.8) is 0 Å². The van der Waals surface area contributed by atoms with Gasteiger partial charge in [-0.25, -0.2) is 0 Å². The first-order valence-corrected chi connectivity index (χ1v) is 17.4. The van der Waals surface area contributed by atoms with Gasteiger partial charge in [-0.1, -0.05) is 124 Å². The van der Waals surface area contributed by atoms with E-state index in [0.29, 0.717) is 18.6 Å². The summed E-state index contributed by atoms with van der Waals surface area (Å²) in [6.07, 6.45) is 25.0. The van der Waals surface area contributed by atoms with Gasteiger partial charge < -0.3 is 13.3 Å². The van der Waals surface area contributed by atoms with Crippen LogP contribution in [0.4, 0.5) is 0 Å². The quantitative estimate of drug-likeness (QED) is 0.0829. The zero-order valence-corrected chi connectivity index (χ0v) is 25.5. The molecule has 0 unspecified atom stereocenters. The Balaban J connectivity index is 5.52. The van der Waals surface area contributed by atoms with E-state index in [1.165, 1.54) is 116 Å². The first-order valence-electron chi connectivity index (χ1n) is 15.5. The van der Waals surface area contributed by atoms with Crippen LogP contribution in [-0.4, -0.2) is 28.6 Å². The summed E-state index contributed by atoms with van der Waals surface area (Å²) in [7, 11) is -2.62. The van der Waals surface area contributed by atoms with Crippen LogP contribution in [0.2, 0.25) is 6.04 Å². The summed E-state index contributed by atoms with van der Waals surface area (Å²) in [4.78, 5) is 0. The molecule has 0 bridgehead atoms. The molecule has 0 radical (unpaired) electrons. The van der Waals surface area contributed by atoms with Crippen molar-refractivity contribution >= 4 is 8.80 Å². The van der Waals surface area contributed by atoms with E-state index in [1.54, 1.807) is 0 Å². The lowest BCUT2D eigenvalue weighted by atomic mass is 9.74. The highest BCUT2D eigenvalue weighted by molar-refractivity contribution is 6.60. The fourth-order valence-corrected chi connectivity index (χ4v) is 7.96. The molecule has 0 aliphatic heterocycles. The Morgan fingerprint density at radius 1 is 0.441 bits per heavy atom. The lowest BCUT2D eigenvalue weighted by Gasteiger charge is -2.38. The predicted molar refractivity (Wildman–Crippen MR) is 153 cm³/mol. The molecule has 34 heavy (non-hydrogen) atoms. The Morgan fingerprint density at radius 2 is 0.824 bits per heavy atom. The van der Waals surface area contributed by atoms with Crippen LogP contribution in [0.25, 0.3) is 0 Å². The summed E-state index contributed by atoms with van der Waals surface area (Å²) in [5, 5.41) is 0. The van der Waals surface area contributed by atoms with Crippen LogP contribution in [0.5, 0.6) is 0 Å². The average Bonchev–Trinajstić information content (AvgIpc) is 2.84. The third kappa shape index (κ3) is 16.7. The van der Waals surface area contributed by atoms with E-state index in [-0.39, 0.29) is 0 Å². The second-order valence-corrected chi connectivity index (χ2v) is 13.3. The molecule has 0 N–H and O–H groups in total. The fraction of sp³-hybridized carbons (Fsp3) is 1.00. The molecule has 0 amide bonds. The van der Waals surface area contributed by atoms with E-state index >= 15 is 0 Å². The van der Waals surface area contributed by atoms with Crippen molar-refractivity contribution in [2.75, 3.05) is 19.8 Å². The topological polar surface area (TPSA) is 27.7 Å². The Morgan fingerprint density at radius 3 is 1.18 bits per heavy atom. The Kier molecular flexibility index (Phi) is 23.6. The maximum Gasteiger partial charge on any atom is 0.500 e. The molecule has 0 aliphatic rings. The molecule has 0 aromatic rings. The molecular formula is C30H64O3Si. The second-order valence-electron chi connectivity index (χ2n) is 10.6. The van der Waals surface area contributed by atoms with Crippen molar-refractivity contribution in [3.05, 3.63) is 0 Å². The molecule has 3 nitrogen and oxygen atoms in total. The Hall–Kier alpha value is 0.0969. The largest absolute Gasteiger partial charge is 0.500 e. The van der Waals surface area contributed by atoms with E-state index in [0.717, 1.165) is 19.1 Å². The monoisotopic (exact) mass is 500 g/mol. The van der Waals surface area contributed by atoms with Gasteiger partial charge >= 0.3 is 8.80 Å². The van der Waals surface area contributed by atoms with Gasteiger partial charge in [-0.05, 0) is 44.9 Å². The summed E-state index contributed by atoms with van der Waals surface area (Å²) in [6, 6.07) is 0.978. The van der Waals surface area contributed by atoms with Crippen molar-refractivity contribution in [2.24, 2.45) is 5.41 Å². The molecule has 0 atom stereocenters. The van der Waals surface area contributed by atoms with Crippen LogP contribution in [0, 0.1) is 5.41 Å². The highest BCUT2D eigenvalue weighted by Crippen LogP contribution is 2.39. The SMILES string of the molecule is CCCCCCC(CCCCCC)(CCCCCC)CO[Si](CCCCCC)(OCC)OCC. The van der Waals surface area contributed by atoms with Gasteiger partial charge in [0, 0.05) is 25.9 Å². The molecule has 4 heteroatoms. The van der Waals surface area contributed by atoms with Gasteiger partial charge in [0.1, 0.15) is 0 Å². The third-order valence-corrected chi connectivity index (χ3v) is 10.4. The normalized spacial score (nSPS) is 12.5. The van der Waals surface area contributed by atoms with Crippen molar-refractivity contribution in [3.8, 4) is 0 Å². The van der Waals surface area contributed by atoms with Gasteiger partial charge in [0.15, 0.2) is 0 Å². The van der Waals surface area contributed by atoms with Crippen LogP contribution in [-0.2, 0) is 13.3 Å². The maximum absolute atomic E-state index is 6.92. The molecule has 206 valence electrons. The maximum atomic E-state index is 6.92. The minimum atomic E-state index is -2.62. The van der Waals surface area contributed by atoms with Gasteiger partial charge in [-0.15, -0.1) is 0 Å². The zero-order valence-electron chi connectivity index (χ0n) is 24.5. The van der Waals surface area contributed by atoms with E-state index in [9.17, 15) is 0 Å². The summed E-state index contributed by atoms with van der Waals surface area (Å²) < 4.78 is 19.7. The number of hydrogen-bond acceptors (Lipinski definition) is 3. The van der Waals surface area contributed by atoms with E-state index in [1.807, 2.05) is 0 Å². The molecule has 0 aromatic heterocycles. The third-order valence-electron chi connectivity index (χ3n) is 7.35. The average molecular weight is 501 g/mol. The molecule has 0 fully saturated rings. The highest BCUT2D eigenvalue weighted by atomic mass is 28.4. The van der Waals surface area contributed by atoms with Crippen molar-refractivity contribution in [2.45, 2.75) is 170 Å². The van der Waals surface area contributed by atoms with Crippen LogP contribution < -0.4 is 0 Å². The molecule has 0 saturated heterocycles. The Bertz CT molecular complexity index is 379. The predicted octanol–water partition coefficient (Wildman–Crippen LogP) is 10.5. The summed E-state index contributed by atoms with van der Waals surface area (Å²) in [5.74, 6) is 0.